The third-order valence-corrected chi connectivity index (χ3v) is 5.07. The molecular weight excluding hydrogens is 362 g/mol. The standard InChI is InChI=1S/C21H22ClN3O2/c1-26-19-7-5-18(6-8-19)25-11-9-24(10-12-25)15-21-23-14-20(27-21)16-3-2-4-17(22)13-16/h2-8,13-14H,9-12,15H2,1H3. The van der Waals surface area contributed by atoms with Crippen molar-refractivity contribution in [1.29, 1.82) is 0 Å². The lowest BCUT2D eigenvalue weighted by atomic mass is 10.2. The van der Waals surface area contributed by atoms with E-state index in [9.17, 15) is 0 Å². The van der Waals surface area contributed by atoms with Crippen molar-refractivity contribution < 1.29 is 9.15 Å². The molecule has 1 aliphatic heterocycles. The Balaban J connectivity index is 1.34. The van der Waals surface area contributed by atoms with Gasteiger partial charge in [-0.15, -0.1) is 0 Å². The number of nitrogens with zero attached hydrogens (tertiary/aromatic N) is 3. The van der Waals surface area contributed by atoms with E-state index in [4.69, 9.17) is 20.8 Å². The van der Waals surface area contributed by atoms with E-state index in [1.807, 2.05) is 36.4 Å². The van der Waals surface area contributed by atoms with E-state index in [2.05, 4.69) is 26.9 Å². The maximum atomic E-state index is 6.06. The Bertz CT molecular complexity index is 886. The van der Waals surface area contributed by atoms with Gasteiger partial charge in [-0.1, -0.05) is 23.7 Å². The maximum Gasteiger partial charge on any atom is 0.209 e. The zero-order valence-electron chi connectivity index (χ0n) is 15.3. The van der Waals surface area contributed by atoms with Gasteiger partial charge < -0.3 is 14.1 Å². The number of oxazole rings is 1. The second-order valence-corrected chi connectivity index (χ2v) is 7.03. The number of benzene rings is 2. The van der Waals surface area contributed by atoms with Crippen LogP contribution in [0.15, 0.2) is 59.1 Å². The van der Waals surface area contributed by atoms with Gasteiger partial charge in [-0.3, -0.25) is 4.90 Å². The van der Waals surface area contributed by atoms with E-state index in [0.29, 0.717) is 5.02 Å². The van der Waals surface area contributed by atoms with Gasteiger partial charge in [-0.25, -0.2) is 4.98 Å². The van der Waals surface area contributed by atoms with Gasteiger partial charge in [0, 0.05) is 42.5 Å². The molecule has 1 aliphatic rings. The molecule has 0 bridgehead atoms. The van der Waals surface area contributed by atoms with Crippen molar-refractivity contribution in [2.24, 2.45) is 0 Å². The summed E-state index contributed by atoms with van der Waals surface area (Å²) >= 11 is 6.06. The molecule has 2 heterocycles. The van der Waals surface area contributed by atoms with Crippen molar-refractivity contribution in [2.75, 3.05) is 38.2 Å². The van der Waals surface area contributed by atoms with Crippen LogP contribution in [0.4, 0.5) is 5.69 Å². The van der Waals surface area contributed by atoms with Crippen LogP contribution in [0.2, 0.25) is 5.02 Å². The molecule has 140 valence electrons. The molecule has 0 N–H and O–H groups in total. The fraction of sp³-hybridized carbons (Fsp3) is 0.286. The first-order chi connectivity index (χ1) is 13.2. The molecular formula is C21H22ClN3O2. The molecule has 0 aliphatic carbocycles. The minimum atomic E-state index is 0.695. The van der Waals surface area contributed by atoms with Crippen LogP contribution < -0.4 is 9.64 Å². The maximum absolute atomic E-state index is 6.06. The molecule has 0 radical (unpaired) electrons. The van der Waals surface area contributed by atoms with E-state index in [1.54, 1.807) is 13.3 Å². The lowest BCUT2D eigenvalue weighted by molar-refractivity contribution is 0.227. The summed E-state index contributed by atoms with van der Waals surface area (Å²) in [4.78, 5) is 9.19. The Kier molecular flexibility index (Phi) is 5.32. The molecule has 1 saturated heterocycles. The van der Waals surface area contributed by atoms with Crippen LogP contribution in [0.5, 0.6) is 5.75 Å². The molecule has 4 rings (SSSR count). The third kappa shape index (κ3) is 4.26. The van der Waals surface area contributed by atoms with Crippen molar-refractivity contribution in [2.45, 2.75) is 6.54 Å². The first-order valence-corrected chi connectivity index (χ1v) is 9.41. The second-order valence-electron chi connectivity index (χ2n) is 6.59. The molecule has 1 fully saturated rings. The minimum absolute atomic E-state index is 0.695. The van der Waals surface area contributed by atoms with Crippen molar-refractivity contribution >= 4 is 17.3 Å². The van der Waals surface area contributed by atoms with Crippen molar-refractivity contribution in [3.8, 4) is 17.1 Å². The molecule has 3 aromatic rings. The first kappa shape index (κ1) is 17.9. The minimum Gasteiger partial charge on any atom is -0.497 e. The largest absolute Gasteiger partial charge is 0.497 e. The summed E-state index contributed by atoms with van der Waals surface area (Å²) in [6.45, 7) is 4.63. The fourth-order valence-corrected chi connectivity index (χ4v) is 3.50. The molecule has 0 saturated carbocycles. The number of anilines is 1. The molecule has 5 nitrogen and oxygen atoms in total. The highest BCUT2D eigenvalue weighted by Crippen LogP contribution is 2.25. The average molecular weight is 384 g/mol. The normalized spacial score (nSPS) is 15.1. The number of hydrogen-bond donors (Lipinski definition) is 0. The highest BCUT2D eigenvalue weighted by molar-refractivity contribution is 6.30. The van der Waals surface area contributed by atoms with Gasteiger partial charge in [0.2, 0.25) is 5.89 Å². The summed E-state index contributed by atoms with van der Waals surface area (Å²) < 4.78 is 11.2. The second kappa shape index (κ2) is 8.03. The van der Waals surface area contributed by atoms with E-state index in [-0.39, 0.29) is 0 Å². The molecule has 6 heteroatoms. The Hall–Kier alpha value is -2.50. The number of hydrogen-bond acceptors (Lipinski definition) is 5. The van der Waals surface area contributed by atoms with Crippen molar-refractivity contribution in [1.82, 2.24) is 9.88 Å². The average Bonchev–Trinajstić information content (AvgIpc) is 3.17. The van der Waals surface area contributed by atoms with Gasteiger partial charge in [0.15, 0.2) is 5.76 Å². The molecule has 0 amide bonds. The Morgan fingerprint density at radius 2 is 1.85 bits per heavy atom. The molecule has 0 atom stereocenters. The van der Waals surface area contributed by atoms with E-state index < -0.39 is 0 Å². The van der Waals surface area contributed by atoms with E-state index >= 15 is 0 Å². The number of piperazine rings is 1. The predicted molar refractivity (Wildman–Crippen MR) is 107 cm³/mol. The Morgan fingerprint density at radius 3 is 2.56 bits per heavy atom. The van der Waals surface area contributed by atoms with Crippen LogP contribution in [0.1, 0.15) is 5.89 Å². The smallest absolute Gasteiger partial charge is 0.209 e. The Labute approximate surface area is 164 Å². The van der Waals surface area contributed by atoms with Crippen LogP contribution in [-0.4, -0.2) is 43.2 Å². The van der Waals surface area contributed by atoms with E-state index in [1.165, 1.54) is 5.69 Å². The lowest BCUT2D eigenvalue weighted by Gasteiger charge is -2.35. The monoisotopic (exact) mass is 383 g/mol. The molecule has 2 aromatic carbocycles. The first-order valence-electron chi connectivity index (χ1n) is 9.03. The van der Waals surface area contributed by atoms with Crippen molar-refractivity contribution in [3.63, 3.8) is 0 Å². The van der Waals surface area contributed by atoms with Gasteiger partial charge in [0.1, 0.15) is 5.75 Å². The summed E-state index contributed by atoms with van der Waals surface area (Å²) in [5.41, 5.74) is 2.18. The highest BCUT2D eigenvalue weighted by Gasteiger charge is 2.19. The summed E-state index contributed by atoms with van der Waals surface area (Å²) in [5, 5.41) is 0.695. The van der Waals surface area contributed by atoms with Gasteiger partial charge in [0.25, 0.3) is 0 Å². The quantitative estimate of drug-likeness (QED) is 0.656. The predicted octanol–water partition coefficient (Wildman–Crippen LogP) is 4.33. The van der Waals surface area contributed by atoms with E-state index in [0.717, 1.165) is 55.7 Å². The zero-order chi connectivity index (χ0) is 18.6. The number of ether oxygens (including phenoxy) is 1. The summed E-state index contributed by atoms with van der Waals surface area (Å²) in [6, 6.07) is 15.9. The topological polar surface area (TPSA) is 41.7 Å². The highest BCUT2D eigenvalue weighted by atomic mass is 35.5. The van der Waals surface area contributed by atoms with Gasteiger partial charge in [-0.05, 0) is 36.4 Å². The molecule has 0 unspecified atom stereocenters. The SMILES string of the molecule is COc1ccc(N2CCN(Cc3ncc(-c4cccc(Cl)c4)o3)CC2)cc1. The molecule has 27 heavy (non-hydrogen) atoms. The van der Waals surface area contributed by atoms with Crippen LogP contribution in [-0.2, 0) is 6.54 Å². The van der Waals surface area contributed by atoms with Crippen LogP contribution in [0.3, 0.4) is 0 Å². The van der Waals surface area contributed by atoms with Crippen molar-refractivity contribution in [3.05, 3.63) is 65.6 Å². The third-order valence-electron chi connectivity index (χ3n) is 4.83. The number of rotatable bonds is 5. The number of halogens is 1. The van der Waals surface area contributed by atoms with Crippen LogP contribution >= 0.6 is 11.6 Å². The number of aromatic nitrogens is 1. The van der Waals surface area contributed by atoms with Gasteiger partial charge in [0.05, 0.1) is 19.9 Å². The zero-order valence-corrected chi connectivity index (χ0v) is 16.0. The lowest BCUT2D eigenvalue weighted by Crippen LogP contribution is -2.46. The summed E-state index contributed by atoms with van der Waals surface area (Å²) in [7, 11) is 1.69. The fourth-order valence-electron chi connectivity index (χ4n) is 3.31. The summed E-state index contributed by atoms with van der Waals surface area (Å²) in [6.07, 6.45) is 1.77. The van der Waals surface area contributed by atoms with Crippen LogP contribution in [0.25, 0.3) is 11.3 Å². The van der Waals surface area contributed by atoms with Crippen LogP contribution in [0, 0.1) is 0 Å². The molecule has 1 aromatic heterocycles. The Morgan fingerprint density at radius 1 is 1.07 bits per heavy atom. The number of methoxy groups -OCH3 is 1. The summed E-state index contributed by atoms with van der Waals surface area (Å²) in [5.74, 6) is 2.38. The molecule has 0 spiro atoms. The van der Waals surface area contributed by atoms with Gasteiger partial charge in [-0.2, -0.15) is 0 Å². The van der Waals surface area contributed by atoms with Gasteiger partial charge >= 0.3 is 0 Å².